The third kappa shape index (κ3) is 4.16. The molecular weight excluding hydrogens is 348 g/mol. The highest BCUT2D eigenvalue weighted by Crippen LogP contribution is 2.20. The first-order chi connectivity index (χ1) is 12.4. The van der Waals surface area contributed by atoms with Gasteiger partial charge in [0, 0.05) is 51.5 Å². The van der Waals surface area contributed by atoms with Crippen LogP contribution in [-0.2, 0) is 30.0 Å². The first-order valence-electron chi connectivity index (χ1n) is 9.20. The zero-order valence-corrected chi connectivity index (χ0v) is 16.7. The molecule has 1 fully saturated rings. The van der Waals surface area contributed by atoms with Gasteiger partial charge in [-0.1, -0.05) is 25.5 Å². The summed E-state index contributed by atoms with van der Waals surface area (Å²) in [6.07, 6.45) is 4.08. The average molecular weight is 377 g/mol. The molecule has 1 aliphatic rings. The van der Waals surface area contributed by atoms with Gasteiger partial charge in [-0.2, -0.15) is 9.40 Å². The molecule has 0 atom stereocenters. The second-order valence-electron chi connectivity index (χ2n) is 6.99. The molecule has 0 unspecified atom stereocenters. The minimum absolute atomic E-state index is 0.397. The Balaban J connectivity index is 1.62. The van der Waals surface area contributed by atoms with Gasteiger partial charge in [-0.3, -0.25) is 9.58 Å². The molecule has 2 aromatic rings. The van der Waals surface area contributed by atoms with Crippen molar-refractivity contribution in [2.45, 2.75) is 38.1 Å². The summed E-state index contributed by atoms with van der Waals surface area (Å²) in [4.78, 5) is 2.69. The largest absolute Gasteiger partial charge is 0.296 e. The van der Waals surface area contributed by atoms with E-state index in [0.29, 0.717) is 18.0 Å². The van der Waals surface area contributed by atoms with Gasteiger partial charge in [0.25, 0.3) is 0 Å². The first kappa shape index (κ1) is 19.1. The standard InChI is InChI=1S/C19H28N4O2S/c1-4-5-17-6-8-19(9-7-17)26(24,25)23-12-10-22(11-13-23)15-18-14-21(3)20-16(18)2/h6-9,14H,4-5,10-13,15H2,1-3H3. The Morgan fingerprint density at radius 3 is 2.27 bits per heavy atom. The molecule has 1 aromatic carbocycles. The van der Waals surface area contributed by atoms with Crippen molar-refractivity contribution in [2.75, 3.05) is 26.2 Å². The van der Waals surface area contributed by atoms with Crippen LogP contribution in [0.25, 0.3) is 0 Å². The number of hydrogen-bond acceptors (Lipinski definition) is 4. The average Bonchev–Trinajstić information content (AvgIpc) is 2.93. The van der Waals surface area contributed by atoms with Gasteiger partial charge in [-0.15, -0.1) is 0 Å². The molecule has 1 saturated heterocycles. The van der Waals surface area contributed by atoms with Crippen LogP contribution in [0.2, 0.25) is 0 Å². The third-order valence-corrected chi connectivity index (χ3v) is 6.85. The quantitative estimate of drug-likeness (QED) is 0.775. The zero-order valence-electron chi connectivity index (χ0n) is 15.9. The van der Waals surface area contributed by atoms with Crippen LogP contribution < -0.4 is 0 Å². The van der Waals surface area contributed by atoms with Gasteiger partial charge in [-0.25, -0.2) is 8.42 Å². The molecule has 0 saturated carbocycles. The van der Waals surface area contributed by atoms with Crippen molar-refractivity contribution in [3.63, 3.8) is 0 Å². The summed E-state index contributed by atoms with van der Waals surface area (Å²) in [5.41, 5.74) is 3.42. The normalized spacial score (nSPS) is 16.9. The van der Waals surface area contributed by atoms with Crippen LogP contribution in [0.1, 0.15) is 30.2 Å². The highest BCUT2D eigenvalue weighted by molar-refractivity contribution is 7.89. The fraction of sp³-hybridized carbons (Fsp3) is 0.526. The van der Waals surface area contributed by atoms with Crippen LogP contribution in [-0.4, -0.2) is 53.6 Å². The van der Waals surface area contributed by atoms with Crippen molar-refractivity contribution in [3.8, 4) is 0 Å². The SMILES string of the molecule is CCCc1ccc(S(=O)(=O)N2CCN(Cc3cn(C)nc3C)CC2)cc1. The van der Waals surface area contributed by atoms with E-state index < -0.39 is 10.0 Å². The van der Waals surface area contributed by atoms with Gasteiger partial charge < -0.3 is 0 Å². The Kier molecular flexibility index (Phi) is 5.79. The van der Waals surface area contributed by atoms with E-state index in [2.05, 4.69) is 16.9 Å². The number of piperazine rings is 1. The van der Waals surface area contributed by atoms with E-state index in [-0.39, 0.29) is 0 Å². The lowest BCUT2D eigenvalue weighted by Crippen LogP contribution is -2.48. The lowest BCUT2D eigenvalue weighted by atomic mass is 10.1. The summed E-state index contributed by atoms with van der Waals surface area (Å²) in [6.45, 7) is 7.48. The van der Waals surface area contributed by atoms with E-state index >= 15 is 0 Å². The lowest BCUT2D eigenvalue weighted by Gasteiger charge is -2.33. The molecule has 0 radical (unpaired) electrons. The highest BCUT2D eigenvalue weighted by Gasteiger charge is 2.28. The van der Waals surface area contributed by atoms with Gasteiger partial charge in [0.15, 0.2) is 0 Å². The molecule has 0 N–H and O–H groups in total. The topological polar surface area (TPSA) is 58.4 Å². The van der Waals surface area contributed by atoms with Crippen molar-refractivity contribution in [2.24, 2.45) is 7.05 Å². The maximum absolute atomic E-state index is 12.9. The molecule has 0 aliphatic carbocycles. The summed E-state index contributed by atoms with van der Waals surface area (Å²) in [6, 6.07) is 7.34. The molecule has 1 aromatic heterocycles. The number of hydrogen-bond donors (Lipinski definition) is 0. The van der Waals surface area contributed by atoms with E-state index in [1.807, 2.05) is 37.0 Å². The van der Waals surface area contributed by atoms with Gasteiger partial charge in [0.05, 0.1) is 10.6 Å². The van der Waals surface area contributed by atoms with Gasteiger partial charge in [-0.05, 0) is 31.0 Å². The molecule has 1 aliphatic heterocycles. The maximum Gasteiger partial charge on any atom is 0.243 e. The van der Waals surface area contributed by atoms with Gasteiger partial charge >= 0.3 is 0 Å². The van der Waals surface area contributed by atoms with Crippen LogP contribution in [0.15, 0.2) is 35.4 Å². The number of aromatic nitrogens is 2. The number of rotatable bonds is 6. The monoisotopic (exact) mass is 376 g/mol. The van der Waals surface area contributed by atoms with Crippen LogP contribution in [0.5, 0.6) is 0 Å². The van der Waals surface area contributed by atoms with E-state index in [0.717, 1.165) is 38.2 Å². The number of aryl methyl sites for hydroxylation is 3. The minimum Gasteiger partial charge on any atom is -0.296 e. The summed E-state index contributed by atoms with van der Waals surface area (Å²) < 4.78 is 29.2. The molecule has 0 amide bonds. The summed E-state index contributed by atoms with van der Waals surface area (Å²) in [7, 11) is -1.48. The molecule has 26 heavy (non-hydrogen) atoms. The fourth-order valence-electron chi connectivity index (χ4n) is 3.44. The van der Waals surface area contributed by atoms with Crippen molar-refractivity contribution >= 4 is 10.0 Å². The van der Waals surface area contributed by atoms with Crippen LogP contribution in [0.3, 0.4) is 0 Å². The summed E-state index contributed by atoms with van der Waals surface area (Å²) in [5, 5.41) is 4.37. The molecule has 142 valence electrons. The highest BCUT2D eigenvalue weighted by atomic mass is 32.2. The molecule has 0 spiro atoms. The summed E-state index contributed by atoms with van der Waals surface area (Å²) in [5.74, 6) is 0. The minimum atomic E-state index is -3.40. The van der Waals surface area contributed by atoms with Crippen molar-refractivity contribution in [3.05, 3.63) is 47.3 Å². The van der Waals surface area contributed by atoms with Crippen LogP contribution >= 0.6 is 0 Å². The Morgan fingerprint density at radius 1 is 1.08 bits per heavy atom. The Morgan fingerprint density at radius 2 is 1.73 bits per heavy atom. The van der Waals surface area contributed by atoms with Crippen molar-refractivity contribution in [1.82, 2.24) is 19.0 Å². The second-order valence-corrected chi connectivity index (χ2v) is 8.93. The molecule has 2 heterocycles. The number of benzene rings is 1. The van der Waals surface area contributed by atoms with Crippen molar-refractivity contribution in [1.29, 1.82) is 0 Å². The molecular formula is C19H28N4O2S. The maximum atomic E-state index is 12.9. The number of nitrogens with zero attached hydrogens (tertiary/aromatic N) is 4. The lowest BCUT2D eigenvalue weighted by molar-refractivity contribution is 0.181. The Hall–Kier alpha value is -1.70. The predicted octanol–water partition coefficient (Wildman–Crippen LogP) is 2.19. The van der Waals surface area contributed by atoms with E-state index in [9.17, 15) is 8.42 Å². The van der Waals surface area contributed by atoms with E-state index in [1.165, 1.54) is 11.1 Å². The number of sulfonamides is 1. The Bertz CT molecular complexity index is 835. The first-order valence-corrected chi connectivity index (χ1v) is 10.6. The van der Waals surface area contributed by atoms with E-state index in [4.69, 9.17) is 0 Å². The van der Waals surface area contributed by atoms with E-state index in [1.54, 1.807) is 16.4 Å². The molecule has 3 rings (SSSR count). The van der Waals surface area contributed by atoms with Crippen LogP contribution in [0.4, 0.5) is 0 Å². The van der Waals surface area contributed by atoms with Gasteiger partial charge in [0.1, 0.15) is 0 Å². The molecule has 0 bridgehead atoms. The van der Waals surface area contributed by atoms with Crippen LogP contribution in [0, 0.1) is 6.92 Å². The Labute approximate surface area is 156 Å². The van der Waals surface area contributed by atoms with Crippen molar-refractivity contribution < 1.29 is 8.42 Å². The smallest absolute Gasteiger partial charge is 0.243 e. The second kappa shape index (κ2) is 7.90. The zero-order chi connectivity index (χ0) is 18.7. The fourth-order valence-corrected chi connectivity index (χ4v) is 4.86. The third-order valence-electron chi connectivity index (χ3n) is 4.94. The molecule has 7 heteroatoms. The molecule has 6 nitrogen and oxygen atoms in total. The van der Waals surface area contributed by atoms with Gasteiger partial charge in [0.2, 0.25) is 10.0 Å². The summed E-state index contributed by atoms with van der Waals surface area (Å²) >= 11 is 0. The predicted molar refractivity (Wildman–Crippen MR) is 102 cm³/mol.